The van der Waals surface area contributed by atoms with Gasteiger partial charge in [-0.15, -0.1) is 0 Å². The van der Waals surface area contributed by atoms with E-state index in [4.69, 9.17) is 27.9 Å². The Hall–Kier alpha value is -0.320. The summed E-state index contributed by atoms with van der Waals surface area (Å²) in [7, 11) is 0. The molecule has 1 aliphatic heterocycles. The zero-order chi connectivity index (χ0) is 14.4. The van der Waals surface area contributed by atoms with Crippen LogP contribution in [0.4, 0.5) is 0 Å². The van der Waals surface area contributed by atoms with Crippen molar-refractivity contribution in [3.63, 3.8) is 0 Å². The summed E-state index contributed by atoms with van der Waals surface area (Å²) in [5.41, 5.74) is 1.17. The van der Waals surface area contributed by atoms with Crippen LogP contribution in [0.5, 0.6) is 0 Å². The van der Waals surface area contributed by atoms with Crippen LogP contribution in [0.3, 0.4) is 0 Å². The van der Waals surface area contributed by atoms with Gasteiger partial charge in [-0.05, 0) is 44.1 Å². The van der Waals surface area contributed by atoms with E-state index in [0.29, 0.717) is 10.0 Å². The molecule has 1 aromatic carbocycles. The fourth-order valence-corrected chi connectivity index (χ4v) is 2.65. The lowest BCUT2D eigenvalue weighted by atomic mass is 10.1. The van der Waals surface area contributed by atoms with Crippen LogP contribution in [-0.2, 0) is 4.74 Å². The molecule has 2 rings (SSSR count). The maximum absolute atomic E-state index is 6.04. The first kappa shape index (κ1) is 16.1. The molecule has 5 heteroatoms. The van der Waals surface area contributed by atoms with E-state index in [1.54, 1.807) is 0 Å². The van der Waals surface area contributed by atoms with Crippen molar-refractivity contribution >= 4 is 23.2 Å². The van der Waals surface area contributed by atoms with Gasteiger partial charge in [0.1, 0.15) is 0 Å². The summed E-state index contributed by atoms with van der Waals surface area (Å²) in [6.45, 7) is 8.13. The summed E-state index contributed by atoms with van der Waals surface area (Å²) < 4.78 is 5.34. The van der Waals surface area contributed by atoms with E-state index < -0.39 is 0 Å². The van der Waals surface area contributed by atoms with Crippen molar-refractivity contribution < 1.29 is 4.74 Å². The van der Waals surface area contributed by atoms with Gasteiger partial charge >= 0.3 is 0 Å². The predicted octanol–water partition coefficient (Wildman–Crippen LogP) is 3.37. The molecule has 1 fully saturated rings. The lowest BCUT2D eigenvalue weighted by molar-refractivity contribution is 0.0374. The Labute approximate surface area is 131 Å². The molecular weight excluding hydrogens is 295 g/mol. The summed E-state index contributed by atoms with van der Waals surface area (Å²) in [6.07, 6.45) is 1.14. The van der Waals surface area contributed by atoms with Gasteiger partial charge in [-0.2, -0.15) is 0 Å². The molecule has 0 bridgehead atoms. The summed E-state index contributed by atoms with van der Waals surface area (Å²) in [6, 6.07) is 6.09. The van der Waals surface area contributed by atoms with Gasteiger partial charge in [0.2, 0.25) is 0 Å². The molecule has 0 saturated carbocycles. The predicted molar refractivity (Wildman–Crippen MR) is 84.8 cm³/mol. The minimum atomic E-state index is 0.287. The largest absolute Gasteiger partial charge is 0.379 e. The van der Waals surface area contributed by atoms with Crippen molar-refractivity contribution in [3.8, 4) is 0 Å². The second-order valence-electron chi connectivity index (χ2n) is 5.16. The molecule has 1 N–H and O–H groups in total. The highest BCUT2D eigenvalue weighted by molar-refractivity contribution is 6.42. The molecule has 1 aromatic rings. The maximum atomic E-state index is 6.04. The van der Waals surface area contributed by atoms with E-state index >= 15 is 0 Å². The summed E-state index contributed by atoms with van der Waals surface area (Å²) in [5, 5.41) is 4.75. The molecule has 1 aliphatic rings. The Kier molecular flexibility index (Phi) is 6.59. The van der Waals surface area contributed by atoms with Crippen LogP contribution in [0.1, 0.15) is 24.9 Å². The number of morpholine rings is 1. The molecule has 0 aliphatic carbocycles. The van der Waals surface area contributed by atoms with E-state index in [1.807, 2.05) is 18.2 Å². The number of halogens is 2. The highest BCUT2D eigenvalue weighted by Crippen LogP contribution is 2.25. The molecule has 0 amide bonds. The van der Waals surface area contributed by atoms with Crippen LogP contribution in [0.2, 0.25) is 10.0 Å². The SMILES string of the molecule is CC(NCCCN1CCOCC1)c1ccc(Cl)c(Cl)c1. The van der Waals surface area contributed by atoms with Crippen molar-refractivity contribution in [1.29, 1.82) is 0 Å². The van der Waals surface area contributed by atoms with Crippen LogP contribution < -0.4 is 5.32 Å². The highest BCUT2D eigenvalue weighted by atomic mass is 35.5. The van der Waals surface area contributed by atoms with E-state index in [9.17, 15) is 0 Å². The van der Waals surface area contributed by atoms with Gasteiger partial charge in [0.05, 0.1) is 23.3 Å². The molecule has 0 radical (unpaired) electrons. The van der Waals surface area contributed by atoms with Gasteiger partial charge in [0, 0.05) is 19.1 Å². The van der Waals surface area contributed by atoms with E-state index in [1.165, 1.54) is 5.56 Å². The fourth-order valence-electron chi connectivity index (χ4n) is 2.35. The monoisotopic (exact) mass is 316 g/mol. The molecule has 1 heterocycles. The Bertz CT molecular complexity index is 422. The van der Waals surface area contributed by atoms with Gasteiger partial charge in [0.15, 0.2) is 0 Å². The Balaban J connectivity index is 1.69. The molecule has 0 aromatic heterocycles. The molecule has 0 spiro atoms. The first-order valence-electron chi connectivity index (χ1n) is 7.15. The first-order valence-corrected chi connectivity index (χ1v) is 7.91. The van der Waals surface area contributed by atoms with Crippen molar-refractivity contribution in [3.05, 3.63) is 33.8 Å². The van der Waals surface area contributed by atoms with Crippen molar-refractivity contribution in [2.24, 2.45) is 0 Å². The van der Waals surface area contributed by atoms with Gasteiger partial charge in [-0.3, -0.25) is 4.90 Å². The van der Waals surface area contributed by atoms with E-state index in [0.717, 1.165) is 45.8 Å². The van der Waals surface area contributed by atoms with Crippen LogP contribution in [0, 0.1) is 0 Å². The third-order valence-corrected chi connectivity index (χ3v) is 4.39. The highest BCUT2D eigenvalue weighted by Gasteiger charge is 2.10. The minimum Gasteiger partial charge on any atom is -0.379 e. The molecule has 3 nitrogen and oxygen atoms in total. The second kappa shape index (κ2) is 8.20. The number of rotatable bonds is 6. The van der Waals surface area contributed by atoms with Gasteiger partial charge in [-0.25, -0.2) is 0 Å². The van der Waals surface area contributed by atoms with E-state index in [2.05, 4.69) is 17.1 Å². The van der Waals surface area contributed by atoms with Crippen LogP contribution in [0.15, 0.2) is 18.2 Å². The zero-order valence-electron chi connectivity index (χ0n) is 11.9. The van der Waals surface area contributed by atoms with Gasteiger partial charge in [-0.1, -0.05) is 29.3 Å². The first-order chi connectivity index (χ1) is 9.66. The number of hydrogen-bond acceptors (Lipinski definition) is 3. The topological polar surface area (TPSA) is 24.5 Å². The Morgan fingerprint density at radius 3 is 2.70 bits per heavy atom. The van der Waals surface area contributed by atoms with Crippen LogP contribution in [0.25, 0.3) is 0 Å². The Morgan fingerprint density at radius 1 is 1.25 bits per heavy atom. The quantitative estimate of drug-likeness (QED) is 0.814. The summed E-state index contributed by atoms with van der Waals surface area (Å²) in [5.74, 6) is 0. The van der Waals surface area contributed by atoms with Crippen molar-refractivity contribution in [1.82, 2.24) is 10.2 Å². The van der Waals surface area contributed by atoms with E-state index in [-0.39, 0.29) is 6.04 Å². The molecule has 1 atom stereocenters. The van der Waals surface area contributed by atoms with Crippen LogP contribution >= 0.6 is 23.2 Å². The normalized spacial score (nSPS) is 18.1. The van der Waals surface area contributed by atoms with Gasteiger partial charge in [0.25, 0.3) is 0 Å². The minimum absolute atomic E-state index is 0.287. The zero-order valence-corrected chi connectivity index (χ0v) is 13.4. The summed E-state index contributed by atoms with van der Waals surface area (Å²) >= 11 is 12.0. The number of hydrogen-bond donors (Lipinski definition) is 1. The average molecular weight is 317 g/mol. The van der Waals surface area contributed by atoms with Crippen molar-refractivity contribution in [2.45, 2.75) is 19.4 Å². The van der Waals surface area contributed by atoms with Gasteiger partial charge < -0.3 is 10.1 Å². The standard InChI is InChI=1S/C15H22Cl2N2O/c1-12(13-3-4-14(16)15(17)11-13)18-5-2-6-19-7-9-20-10-8-19/h3-4,11-12,18H,2,5-10H2,1H3. The number of ether oxygens (including phenoxy) is 1. The molecular formula is C15H22Cl2N2O. The molecule has 1 saturated heterocycles. The smallest absolute Gasteiger partial charge is 0.0595 e. The second-order valence-corrected chi connectivity index (χ2v) is 5.97. The summed E-state index contributed by atoms with van der Waals surface area (Å²) in [4.78, 5) is 2.45. The molecule has 112 valence electrons. The van der Waals surface area contributed by atoms with Crippen molar-refractivity contribution in [2.75, 3.05) is 39.4 Å². The Morgan fingerprint density at radius 2 is 2.00 bits per heavy atom. The molecule has 20 heavy (non-hydrogen) atoms. The number of benzene rings is 1. The third kappa shape index (κ3) is 4.90. The molecule has 1 unspecified atom stereocenters. The lowest BCUT2D eigenvalue weighted by Crippen LogP contribution is -2.37. The lowest BCUT2D eigenvalue weighted by Gasteiger charge is -2.26. The fraction of sp³-hybridized carbons (Fsp3) is 0.600. The third-order valence-electron chi connectivity index (χ3n) is 3.65. The number of nitrogens with one attached hydrogen (secondary N) is 1. The average Bonchev–Trinajstić information content (AvgIpc) is 2.47. The van der Waals surface area contributed by atoms with Crippen LogP contribution in [-0.4, -0.2) is 44.3 Å². The maximum Gasteiger partial charge on any atom is 0.0595 e. The number of nitrogens with zero attached hydrogens (tertiary/aromatic N) is 1.